The topological polar surface area (TPSA) is 140 Å². The fourth-order valence-electron chi connectivity index (χ4n) is 2.52. The largest absolute Gasteiger partial charge is 0.466 e. The Morgan fingerprint density at radius 2 is 1.84 bits per heavy atom. The Morgan fingerprint density at radius 3 is 2.56 bits per heavy atom. The molecule has 0 bridgehead atoms. The van der Waals surface area contributed by atoms with E-state index in [4.69, 9.17) is 19.2 Å². The lowest BCUT2D eigenvalue weighted by Crippen LogP contribution is -2.34. The predicted octanol–water partition coefficient (Wildman–Crippen LogP) is 0.290. The van der Waals surface area contributed by atoms with Gasteiger partial charge < -0.3 is 20.0 Å². The van der Waals surface area contributed by atoms with E-state index in [0.717, 1.165) is 23.7 Å². The number of aromatic nitrogens is 1. The highest BCUT2D eigenvalue weighted by Crippen LogP contribution is 2.26. The van der Waals surface area contributed by atoms with Gasteiger partial charge in [-0.25, -0.2) is 13.0 Å². The van der Waals surface area contributed by atoms with E-state index < -0.39 is 17.8 Å². The number of rotatable bonds is 2. The van der Waals surface area contributed by atoms with Crippen molar-refractivity contribution >= 4 is 28.6 Å². The van der Waals surface area contributed by atoms with Gasteiger partial charge in [-0.05, 0) is 25.1 Å². The summed E-state index contributed by atoms with van der Waals surface area (Å²) in [6.45, 7) is 2.65. The summed E-state index contributed by atoms with van der Waals surface area (Å²) >= 11 is 0. The first kappa shape index (κ1) is 19.9. The molecule has 9 nitrogen and oxygen atoms in total. The SMILES string of the molecule is O=P(O)(O)O.O=S(=O)(c1cccc2cnccc12)N1CCCNCC1. The second kappa shape index (κ2) is 8.33. The zero-order valence-corrected chi connectivity index (χ0v) is 15.0. The van der Waals surface area contributed by atoms with Crippen molar-refractivity contribution in [2.24, 2.45) is 0 Å². The average Bonchev–Trinajstić information content (AvgIpc) is 2.82. The number of nitrogens with zero attached hydrogens (tertiary/aromatic N) is 2. The molecule has 0 radical (unpaired) electrons. The highest BCUT2D eigenvalue weighted by molar-refractivity contribution is 7.89. The molecule has 25 heavy (non-hydrogen) atoms. The number of hydrogen-bond donors (Lipinski definition) is 4. The third kappa shape index (κ3) is 5.82. The predicted molar refractivity (Wildman–Crippen MR) is 92.3 cm³/mol. The Bertz CT molecular complexity index is 848. The zero-order valence-electron chi connectivity index (χ0n) is 13.3. The van der Waals surface area contributed by atoms with E-state index in [1.165, 1.54) is 0 Å². The molecular formula is C14H20N3O6PS. The van der Waals surface area contributed by atoms with E-state index in [0.29, 0.717) is 24.5 Å². The van der Waals surface area contributed by atoms with E-state index in [2.05, 4.69) is 10.3 Å². The summed E-state index contributed by atoms with van der Waals surface area (Å²) < 4.78 is 36.1. The molecule has 0 saturated carbocycles. The molecule has 11 heteroatoms. The van der Waals surface area contributed by atoms with Crippen LogP contribution in [0.5, 0.6) is 0 Å². The maximum atomic E-state index is 12.8. The minimum Gasteiger partial charge on any atom is -0.315 e. The monoisotopic (exact) mass is 389 g/mol. The van der Waals surface area contributed by atoms with Crippen LogP contribution in [0, 0.1) is 0 Å². The maximum Gasteiger partial charge on any atom is 0.466 e. The molecule has 0 aliphatic carbocycles. The summed E-state index contributed by atoms with van der Waals surface area (Å²) in [4.78, 5) is 26.0. The van der Waals surface area contributed by atoms with Gasteiger partial charge >= 0.3 is 7.82 Å². The molecule has 0 atom stereocenters. The van der Waals surface area contributed by atoms with Crippen molar-refractivity contribution in [2.45, 2.75) is 11.3 Å². The molecule has 2 heterocycles. The van der Waals surface area contributed by atoms with Gasteiger partial charge in [0.05, 0.1) is 4.90 Å². The number of benzene rings is 1. The van der Waals surface area contributed by atoms with Crippen molar-refractivity contribution < 1.29 is 27.7 Å². The van der Waals surface area contributed by atoms with E-state index in [1.807, 2.05) is 6.07 Å². The van der Waals surface area contributed by atoms with Crippen molar-refractivity contribution in [1.29, 1.82) is 0 Å². The zero-order chi connectivity index (χ0) is 18.5. The van der Waals surface area contributed by atoms with Gasteiger partial charge in [-0.1, -0.05) is 12.1 Å². The van der Waals surface area contributed by atoms with E-state index in [9.17, 15) is 8.42 Å². The normalized spacial score (nSPS) is 16.8. The number of nitrogens with one attached hydrogen (secondary N) is 1. The minimum atomic E-state index is -4.64. The Hall–Kier alpha value is -1.39. The summed E-state index contributed by atoms with van der Waals surface area (Å²) in [5.41, 5.74) is 0. The smallest absolute Gasteiger partial charge is 0.315 e. The van der Waals surface area contributed by atoms with E-state index >= 15 is 0 Å². The molecule has 0 unspecified atom stereocenters. The molecule has 1 aromatic carbocycles. The molecule has 1 aliphatic rings. The van der Waals surface area contributed by atoms with E-state index in [-0.39, 0.29) is 0 Å². The van der Waals surface area contributed by atoms with Crippen LogP contribution < -0.4 is 5.32 Å². The quantitative estimate of drug-likeness (QED) is 0.537. The number of sulfonamides is 1. The van der Waals surface area contributed by atoms with Gasteiger partial charge in [-0.15, -0.1) is 0 Å². The van der Waals surface area contributed by atoms with Gasteiger partial charge in [-0.2, -0.15) is 4.31 Å². The third-order valence-corrected chi connectivity index (χ3v) is 5.51. The van der Waals surface area contributed by atoms with Crippen LogP contribution in [0.15, 0.2) is 41.6 Å². The van der Waals surface area contributed by atoms with Crippen LogP contribution >= 0.6 is 7.82 Å². The van der Waals surface area contributed by atoms with Gasteiger partial charge in [0.1, 0.15) is 0 Å². The molecule has 0 spiro atoms. The van der Waals surface area contributed by atoms with Gasteiger partial charge in [0.15, 0.2) is 0 Å². The van der Waals surface area contributed by atoms with Gasteiger partial charge in [0.2, 0.25) is 10.0 Å². The van der Waals surface area contributed by atoms with Gasteiger partial charge in [0.25, 0.3) is 0 Å². The summed E-state index contributed by atoms with van der Waals surface area (Å²) in [5.74, 6) is 0. The van der Waals surface area contributed by atoms with Crippen molar-refractivity contribution in [3.63, 3.8) is 0 Å². The fourth-order valence-corrected chi connectivity index (χ4v) is 4.21. The second-order valence-electron chi connectivity index (χ2n) is 5.37. The Kier molecular flexibility index (Phi) is 6.64. The maximum absolute atomic E-state index is 12.8. The van der Waals surface area contributed by atoms with Gasteiger partial charge in [0, 0.05) is 42.8 Å². The highest BCUT2D eigenvalue weighted by Gasteiger charge is 2.26. The van der Waals surface area contributed by atoms with Crippen LogP contribution in [0.25, 0.3) is 10.8 Å². The van der Waals surface area contributed by atoms with Crippen molar-refractivity contribution in [3.8, 4) is 0 Å². The number of pyridine rings is 1. The van der Waals surface area contributed by atoms with Crippen molar-refractivity contribution in [2.75, 3.05) is 26.2 Å². The molecule has 3 rings (SSSR count). The molecular weight excluding hydrogens is 369 g/mol. The first-order chi connectivity index (χ1) is 11.7. The lowest BCUT2D eigenvalue weighted by Gasteiger charge is -2.20. The Balaban J connectivity index is 0.000000399. The number of phosphoric acid groups is 1. The standard InChI is InChI=1S/C14H17N3O2S.H3O4P/c18-20(19,17-9-2-6-15-8-10-17)14-4-1-3-12-11-16-7-5-13(12)14;1-5(2,3)4/h1,3-5,7,11,15H,2,6,8-10H2;(H3,1,2,3,4). The molecule has 1 aliphatic heterocycles. The van der Waals surface area contributed by atoms with Crippen molar-refractivity contribution in [1.82, 2.24) is 14.6 Å². The Labute approximate surface area is 145 Å². The van der Waals surface area contributed by atoms with E-state index in [1.54, 1.807) is 34.9 Å². The van der Waals surface area contributed by atoms with Gasteiger partial charge in [-0.3, -0.25) is 4.98 Å². The summed E-state index contributed by atoms with van der Waals surface area (Å²) in [6.07, 6.45) is 4.16. The lowest BCUT2D eigenvalue weighted by molar-refractivity contribution is 0.275. The van der Waals surface area contributed by atoms with Crippen LogP contribution in [0.2, 0.25) is 0 Å². The van der Waals surface area contributed by atoms with Crippen LogP contribution in [-0.4, -0.2) is 58.6 Å². The van der Waals surface area contributed by atoms with Crippen molar-refractivity contribution in [3.05, 3.63) is 36.7 Å². The molecule has 4 N–H and O–H groups in total. The summed E-state index contributed by atoms with van der Waals surface area (Å²) in [7, 11) is -8.09. The number of hydrogen-bond acceptors (Lipinski definition) is 5. The van der Waals surface area contributed by atoms with Crippen LogP contribution in [0.1, 0.15) is 6.42 Å². The second-order valence-corrected chi connectivity index (χ2v) is 8.31. The Morgan fingerprint density at radius 1 is 1.12 bits per heavy atom. The molecule has 1 aromatic heterocycles. The average molecular weight is 389 g/mol. The highest BCUT2D eigenvalue weighted by atomic mass is 32.2. The first-order valence-electron chi connectivity index (χ1n) is 7.51. The number of fused-ring (bicyclic) bond motifs is 1. The van der Waals surface area contributed by atoms with Crippen LogP contribution in [-0.2, 0) is 14.6 Å². The third-order valence-electron chi connectivity index (χ3n) is 3.56. The molecule has 2 aromatic rings. The van der Waals surface area contributed by atoms with Crippen LogP contribution in [0.3, 0.4) is 0 Å². The molecule has 1 fully saturated rings. The summed E-state index contributed by atoms with van der Waals surface area (Å²) in [6, 6.07) is 7.09. The first-order valence-corrected chi connectivity index (χ1v) is 10.5. The lowest BCUT2D eigenvalue weighted by atomic mass is 10.2. The summed E-state index contributed by atoms with van der Waals surface area (Å²) in [5, 5.41) is 4.81. The van der Waals surface area contributed by atoms with Crippen LogP contribution in [0.4, 0.5) is 0 Å². The minimum absolute atomic E-state index is 0.374. The molecule has 138 valence electrons. The fraction of sp³-hybridized carbons (Fsp3) is 0.357. The molecule has 1 saturated heterocycles. The molecule has 0 amide bonds.